The number of hydrogen-bond donors (Lipinski definition) is 0. The van der Waals surface area contributed by atoms with Crippen molar-refractivity contribution in [3.05, 3.63) is 36.4 Å². The number of nitrogens with zero attached hydrogens (tertiary/aromatic N) is 1. The van der Waals surface area contributed by atoms with Crippen molar-refractivity contribution in [3.63, 3.8) is 0 Å². The van der Waals surface area contributed by atoms with Crippen LogP contribution >= 0.6 is 0 Å². The van der Waals surface area contributed by atoms with Crippen molar-refractivity contribution in [1.29, 1.82) is 0 Å². The van der Waals surface area contributed by atoms with Crippen LogP contribution in [0.5, 0.6) is 0 Å². The van der Waals surface area contributed by atoms with E-state index < -0.39 is 0 Å². The van der Waals surface area contributed by atoms with E-state index >= 15 is 0 Å². The van der Waals surface area contributed by atoms with E-state index in [4.69, 9.17) is 0 Å². The molecule has 1 nitrogen and oxygen atoms in total. The van der Waals surface area contributed by atoms with Gasteiger partial charge in [-0.05, 0) is 27.2 Å². The molecular formula is C15H28N+. The SMILES string of the molecule is CCC[N+](CC)(CC)CC.c1ccccc1. The predicted octanol–water partition coefficient (Wildman–Crippen LogP) is 3.96. The van der Waals surface area contributed by atoms with Crippen LogP contribution in [0.1, 0.15) is 34.1 Å². The fourth-order valence-electron chi connectivity index (χ4n) is 2.00. The van der Waals surface area contributed by atoms with Gasteiger partial charge in [0.15, 0.2) is 0 Å². The molecule has 0 heterocycles. The zero-order valence-corrected chi connectivity index (χ0v) is 11.4. The van der Waals surface area contributed by atoms with Gasteiger partial charge in [0.25, 0.3) is 0 Å². The zero-order chi connectivity index (χ0) is 12.3. The highest BCUT2D eigenvalue weighted by molar-refractivity contribution is 4.99. The Bertz CT molecular complexity index is 191. The van der Waals surface area contributed by atoms with E-state index in [9.17, 15) is 0 Å². The smallest absolute Gasteiger partial charge is 0.0783 e. The molecule has 0 aliphatic carbocycles. The van der Waals surface area contributed by atoms with E-state index in [1.165, 1.54) is 37.1 Å². The van der Waals surface area contributed by atoms with Crippen LogP contribution in [0.2, 0.25) is 0 Å². The maximum absolute atomic E-state index is 2.29. The molecule has 0 aliphatic rings. The minimum Gasteiger partial charge on any atom is -0.324 e. The summed E-state index contributed by atoms with van der Waals surface area (Å²) in [5, 5.41) is 0. The van der Waals surface area contributed by atoms with Gasteiger partial charge in [-0.1, -0.05) is 43.3 Å². The highest BCUT2D eigenvalue weighted by Crippen LogP contribution is 2.06. The summed E-state index contributed by atoms with van der Waals surface area (Å²) < 4.78 is 1.30. The van der Waals surface area contributed by atoms with Gasteiger partial charge in [0.05, 0.1) is 26.2 Å². The lowest BCUT2D eigenvalue weighted by Gasteiger charge is -2.35. The molecule has 0 N–H and O–H groups in total. The van der Waals surface area contributed by atoms with Crippen molar-refractivity contribution in [2.75, 3.05) is 26.2 Å². The third kappa shape index (κ3) is 5.92. The molecule has 0 aliphatic heterocycles. The van der Waals surface area contributed by atoms with Crippen molar-refractivity contribution >= 4 is 0 Å². The van der Waals surface area contributed by atoms with Crippen molar-refractivity contribution in [2.24, 2.45) is 0 Å². The van der Waals surface area contributed by atoms with Crippen LogP contribution in [0, 0.1) is 0 Å². The number of hydrogen-bond acceptors (Lipinski definition) is 0. The summed E-state index contributed by atoms with van der Waals surface area (Å²) in [5.41, 5.74) is 0. The Labute approximate surface area is 102 Å². The Morgan fingerprint density at radius 3 is 1.06 bits per heavy atom. The van der Waals surface area contributed by atoms with E-state index in [-0.39, 0.29) is 0 Å². The second kappa shape index (κ2) is 9.41. The molecule has 1 heteroatoms. The Morgan fingerprint density at radius 2 is 0.938 bits per heavy atom. The Kier molecular flexibility index (Phi) is 8.93. The topological polar surface area (TPSA) is 0 Å². The molecule has 1 aromatic rings. The third-order valence-electron chi connectivity index (χ3n) is 3.38. The molecule has 0 fully saturated rings. The summed E-state index contributed by atoms with van der Waals surface area (Å²) in [6.45, 7) is 14.4. The fourth-order valence-corrected chi connectivity index (χ4v) is 2.00. The van der Waals surface area contributed by atoms with Crippen LogP contribution < -0.4 is 0 Å². The van der Waals surface area contributed by atoms with Crippen molar-refractivity contribution < 1.29 is 4.48 Å². The quantitative estimate of drug-likeness (QED) is 0.662. The van der Waals surface area contributed by atoms with Crippen LogP contribution in [0.15, 0.2) is 36.4 Å². The summed E-state index contributed by atoms with van der Waals surface area (Å²) in [7, 11) is 0. The largest absolute Gasteiger partial charge is 0.324 e. The average Bonchev–Trinajstić information content (AvgIpc) is 2.39. The molecule has 0 saturated heterocycles. The van der Waals surface area contributed by atoms with Crippen molar-refractivity contribution in [1.82, 2.24) is 0 Å². The van der Waals surface area contributed by atoms with Crippen molar-refractivity contribution in [2.45, 2.75) is 34.1 Å². The maximum Gasteiger partial charge on any atom is 0.0783 e. The highest BCUT2D eigenvalue weighted by atomic mass is 15.3. The number of quaternary nitrogens is 1. The van der Waals surface area contributed by atoms with Gasteiger partial charge < -0.3 is 4.48 Å². The molecule has 0 aromatic heterocycles. The van der Waals surface area contributed by atoms with E-state index in [2.05, 4.69) is 27.7 Å². The zero-order valence-electron chi connectivity index (χ0n) is 11.4. The molecule has 16 heavy (non-hydrogen) atoms. The van der Waals surface area contributed by atoms with Gasteiger partial charge in [-0.15, -0.1) is 0 Å². The number of benzene rings is 1. The van der Waals surface area contributed by atoms with Gasteiger partial charge in [-0.25, -0.2) is 0 Å². The molecule has 0 amide bonds. The summed E-state index contributed by atoms with van der Waals surface area (Å²) in [5.74, 6) is 0. The number of rotatable bonds is 5. The van der Waals surface area contributed by atoms with Gasteiger partial charge in [0, 0.05) is 0 Å². The van der Waals surface area contributed by atoms with Crippen LogP contribution in [0.4, 0.5) is 0 Å². The van der Waals surface area contributed by atoms with E-state index in [1.807, 2.05) is 36.4 Å². The Balaban J connectivity index is 0.000000315. The Morgan fingerprint density at radius 1 is 0.625 bits per heavy atom. The second-order valence-corrected chi connectivity index (χ2v) is 4.17. The van der Waals surface area contributed by atoms with E-state index in [1.54, 1.807) is 0 Å². The minimum absolute atomic E-state index is 1.29. The molecule has 1 rings (SSSR count). The molecule has 1 aromatic carbocycles. The summed E-state index contributed by atoms with van der Waals surface area (Å²) in [6.07, 6.45) is 1.32. The first-order chi connectivity index (χ1) is 7.74. The predicted molar refractivity (Wildman–Crippen MR) is 73.5 cm³/mol. The third-order valence-corrected chi connectivity index (χ3v) is 3.38. The first-order valence-corrected chi connectivity index (χ1v) is 6.59. The molecule has 0 saturated carbocycles. The van der Waals surface area contributed by atoms with Crippen LogP contribution in [0.25, 0.3) is 0 Å². The van der Waals surface area contributed by atoms with Crippen LogP contribution in [-0.4, -0.2) is 30.7 Å². The van der Waals surface area contributed by atoms with Crippen LogP contribution in [0.3, 0.4) is 0 Å². The van der Waals surface area contributed by atoms with Gasteiger partial charge in [0.1, 0.15) is 0 Å². The average molecular weight is 222 g/mol. The summed E-state index contributed by atoms with van der Waals surface area (Å²) in [4.78, 5) is 0. The Hall–Kier alpha value is -0.820. The van der Waals surface area contributed by atoms with E-state index in [0.29, 0.717) is 0 Å². The summed E-state index contributed by atoms with van der Waals surface area (Å²) >= 11 is 0. The molecule has 0 radical (unpaired) electrons. The van der Waals surface area contributed by atoms with Gasteiger partial charge in [-0.3, -0.25) is 0 Å². The lowest BCUT2D eigenvalue weighted by Crippen LogP contribution is -2.47. The molecular weight excluding hydrogens is 194 g/mol. The molecule has 0 spiro atoms. The fraction of sp³-hybridized carbons (Fsp3) is 0.600. The molecule has 0 atom stereocenters. The molecule has 92 valence electrons. The van der Waals surface area contributed by atoms with Gasteiger partial charge >= 0.3 is 0 Å². The first-order valence-electron chi connectivity index (χ1n) is 6.59. The van der Waals surface area contributed by atoms with Crippen LogP contribution in [-0.2, 0) is 0 Å². The van der Waals surface area contributed by atoms with E-state index in [0.717, 1.165) is 0 Å². The highest BCUT2D eigenvalue weighted by Gasteiger charge is 2.17. The monoisotopic (exact) mass is 222 g/mol. The normalized spacial score (nSPS) is 10.5. The maximum atomic E-state index is 2.29. The van der Waals surface area contributed by atoms with Gasteiger partial charge in [-0.2, -0.15) is 0 Å². The standard InChI is InChI=1S/C9H22N.C6H6/c1-5-9-10(6-2,7-3)8-4;1-2-4-6-5-3-1/h5-9H2,1-4H3;1-6H/q+1;. The molecule has 0 unspecified atom stereocenters. The second-order valence-electron chi connectivity index (χ2n) is 4.17. The lowest BCUT2D eigenvalue weighted by atomic mass is 10.3. The molecule has 0 bridgehead atoms. The summed E-state index contributed by atoms with van der Waals surface area (Å²) in [6, 6.07) is 12.0. The van der Waals surface area contributed by atoms with Crippen molar-refractivity contribution in [3.8, 4) is 0 Å². The lowest BCUT2D eigenvalue weighted by molar-refractivity contribution is -0.923. The van der Waals surface area contributed by atoms with Gasteiger partial charge in [0.2, 0.25) is 0 Å². The minimum atomic E-state index is 1.29. The first kappa shape index (κ1) is 15.2.